The zero-order chi connectivity index (χ0) is 36.9. The van der Waals surface area contributed by atoms with Crippen LogP contribution >= 0.6 is 0 Å². The Hall–Kier alpha value is -6.53. The molecule has 0 bridgehead atoms. The fourth-order valence-electron chi connectivity index (χ4n) is 4.15. The summed E-state index contributed by atoms with van der Waals surface area (Å²) in [5.41, 5.74) is 6.46. The van der Waals surface area contributed by atoms with Crippen molar-refractivity contribution in [2.45, 2.75) is 32.9 Å². The molecule has 4 aromatic rings. The number of benzene rings is 2. The minimum atomic E-state index is -1.19. The number of anilines is 1. The van der Waals surface area contributed by atoms with Gasteiger partial charge in [0, 0.05) is 42.2 Å². The van der Waals surface area contributed by atoms with Gasteiger partial charge in [-0.1, -0.05) is 0 Å². The smallest absolute Gasteiger partial charge is 0.497 e. The molecule has 0 saturated carbocycles. The molecule has 2 heterocycles. The molecule has 19 heteroatoms. The van der Waals surface area contributed by atoms with E-state index in [1.807, 2.05) is 0 Å². The number of carbonyl (C=O) groups is 3. The van der Waals surface area contributed by atoms with E-state index in [0.29, 0.717) is 11.3 Å². The molecule has 4 rings (SSSR count). The van der Waals surface area contributed by atoms with Crippen molar-refractivity contribution < 1.29 is 51.9 Å². The van der Waals surface area contributed by atoms with Crippen molar-refractivity contribution in [3.8, 4) is 23.5 Å². The van der Waals surface area contributed by atoms with Gasteiger partial charge in [0.15, 0.2) is 24.0 Å². The highest BCUT2D eigenvalue weighted by atomic mass is 19.1. The van der Waals surface area contributed by atoms with Gasteiger partial charge in [-0.15, -0.1) is 9.78 Å². The molecule has 0 radical (unpaired) electrons. The summed E-state index contributed by atoms with van der Waals surface area (Å²) in [5.74, 6) is -2.58. The second-order valence-corrected chi connectivity index (χ2v) is 10.5. The standard InChI is InChI=1S/C32H35FN8O10/c1-18(2)51-32(44)50-17-49-31-39-29(40-41(31)30-36-10-5-11-37-30)27(38-21-8-6-20(7-9-21)28(34)35)23-14-22(45-4)15-24(26(23)33)46-12-13-47-25(43)16-48-19(3)42/h5-11,14-15,18,27,38H,12-13,16-17H2,1-4H3,(H3,34,35). The molecule has 0 aliphatic rings. The van der Waals surface area contributed by atoms with Crippen LogP contribution in [-0.4, -0.2) is 88.5 Å². The van der Waals surface area contributed by atoms with Crippen LogP contribution in [0.3, 0.4) is 0 Å². The third-order valence-corrected chi connectivity index (χ3v) is 6.38. The molecule has 0 spiro atoms. The number of hydrogen-bond acceptors (Lipinski definition) is 16. The van der Waals surface area contributed by atoms with E-state index in [4.69, 9.17) is 39.6 Å². The molecule has 4 N–H and O–H groups in total. The van der Waals surface area contributed by atoms with Crippen LogP contribution in [0.4, 0.5) is 14.9 Å². The normalized spacial score (nSPS) is 11.3. The number of nitrogens with zero attached hydrogens (tertiary/aromatic N) is 5. The fourth-order valence-corrected chi connectivity index (χ4v) is 4.15. The lowest BCUT2D eigenvalue weighted by molar-refractivity contribution is -0.157. The summed E-state index contributed by atoms with van der Waals surface area (Å²) >= 11 is 0. The number of rotatable bonds is 17. The van der Waals surface area contributed by atoms with Crippen LogP contribution in [-0.2, 0) is 28.5 Å². The van der Waals surface area contributed by atoms with Crippen molar-refractivity contribution in [1.29, 1.82) is 5.41 Å². The average molecular weight is 711 g/mol. The second-order valence-electron chi connectivity index (χ2n) is 10.5. The number of nitrogens with two attached hydrogens (primary N) is 1. The van der Waals surface area contributed by atoms with Crippen molar-refractivity contribution in [3.05, 3.63) is 77.6 Å². The minimum absolute atomic E-state index is 0.0268. The van der Waals surface area contributed by atoms with Crippen LogP contribution in [0.25, 0.3) is 5.95 Å². The summed E-state index contributed by atoms with van der Waals surface area (Å²) < 4.78 is 53.7. The Morgan fingerprint density at radius 2 is 1.75 bits per heavy atom. The van der Waals surface area contributed by atoms with Crippen molar-refractivity contribution in [3.63, 3.8) is 0 Å². The third-order valence-electron chi connectivity index (χ3n) is 6.38. The molecular formula is C32H35FN8O10. The molecule has 2 aromatic carbocycles. The van der Waals surface area contributed by atoms with Gasteiger partial charge < -0.3 is 44.2 Å². The maximum Gasteiger partial charge on any atom is 0.511 e. The van der Waals surface area contributed by atoms with Crippen LogP contribution in [0.1, 0.15) is 43.8 Å². The number of methoxy groups -OCH3 is 1. The highest BCUT2D eigenvalue weighted by Gasteiger charge is 2.29. The number of amidine groups is 1. The van der Waals surface area contributed by atoms with Gasteiger partial charge in [-0.3, -0.25) is 10.2 Å². The average Bonchev–Trinajstić information content (AvgIpc) is 3.53. The van der Waals surface area contributed by atoms with Gasteiger partial charge in [-0.05, 0) is 50.2 Å². The Bertz CT molecular complexity index is 1820. The zero-order valence-electron chi connectivity index (χ0n) is 28.0. The first-order valence-electron chi connectivity index (χ1n) is 15.2. The minimum Gasteiger partial charge on any atom is -0.497 e. The molecule has 0 amide bonds. The predicted octanol–water partition coefficient (Wildman–Crippen LogP) is 3.07. The summed E-state index contributed by atoms with van der Waals surface area (Å²) in [4.78, 5) is 47.5. The molecular weight excluding hydrogens is 675 g/mol. The van der Waals surface area contributed by atoms with Crippen LogP contribution in [0, 0.1) is 11.2 Å². The van der Waals surface area contributed by atoms with Gasteiger partial charge in [-0.25, -0.2) is 23.9 Å². The number of hydrogen-bond donors (Lipinski definition) is 3. The van der Waals surface area contributed by atoms with Crippen molar-refractivity contribution in [1.82, 2.24) is 24.7 Å². The summed E-state index contributed by atoms with van der Waals surface area (Å²) in [5, 5.41) is 15.4. The van der Waals surface area contributed by atoms with Crippen LogP contribution < -0.4 is 25.3 Å². The molecule has 0 aliphatic heterocycles. The van der Waals surface area contributed by atoms with E-state index < -0.39 is 49.5 Å². The lowest BCUT2D eigenvalue weighted by atomic mass is 10.0. The topological polar surface area (TPSA) is 234 Å². The highest BCUT2D eigenvalue weighted by Crippen LogP contribution is 2.36. The van der Waals surface area contributed by atoms with Crippen molar-refractivity contribution in [2.24, 2.45) is 5.73 Å². The number of nitrogens with one attached hydrogen (secondary N) is 2. The van der Waals surface area contributed by atoms with Gasteiger partial charge in [-0.2, -0.15) is 4.98 Å². The first kappa shape index (κ1) is 37.3. The molecule has 0 saturated heterocycles. The molecule has 1 atom stereocenters. The Morgan fingerprint density at radius 1 is 1.02 bits per heavy atom. The van der Waals surface area contributed by atoms with E-state index in [1.54, 1.807) is 44.2 Å². The monoisotopic (exact) mass is 710 g/mol. The first-order chi connectivity index (χ1) is 24.4. The number of esters is 2. The number of aromatic nitrogens is 5. The molecule has 18 nitrogen and oxygen atoms in total. The van der Waals surface area contributed by atoms with E-state index in [2.05, 4.69) is 30.1 Å². The van der Waals surface area contributed by atoms with E-state index in [9.17, 15) is 14.4 Å². The number of halogens is 1. The summed E-state index contributed by atoms with van der Waals surface area (Å²) in [7, 11) is 1.37. The maximum absolute atomic E-state index is 16.4. The number of nitrogen functional groups attached to an aromatic ring is 1. The molecule has 2 aromatic heterocycles. The number of carbonyl (C=O) groups excluding carboxylic acids is 3. The summed E-state index contributed by atoms with van der Waals surface area (Å²) in [6.07, 6.45) is 1.49. The molecule has 1 unspecified atom stereocenters. The fraction of sp³-hybridized carbons (Fsp3) is 0.312. The molecule has 270 valence electrons. The van der Waals surface area contributed by atoms with Gasteiger partial charge in [0.25, 0.3) is 5.95 Å². The first-order valence-corrected chi connectivity index (χ1v) is 15.2. The molecule has 0 aliphatic carbocycles. The number of ether oxygens (including phenoxy) is 7. The quantitative estimate of drug-likeness (QED) is 0.0357. The molecule has 0 fully saturated rings. The zero-order valence-corrected chi connectivity index (χ0v) is 28.0. The largest absolute Gasteiger partial charge is 0.511 e. The Morgan fingerprint density at radius 3 is 2.39 bits per heavy atom. The van der Waals surface area contributed by atoms with E-state index in [-0.39, 0.29) is 53.9 Å². The van der Waals surface area contributed by atoms with Crippen LogP contribution in [0.5, 0.6) is 17.5 Å². The van der Waals surface area contributed by atoms with E-state index in [0.717, 1.165) is 11.6 Å². The highest BCUT2D eigenvalue weighted by molar-refractivity contribution is 5.95. The van der Waals surface area contributed by atoms with Gasteiger partial charge >= 0.3 is 24.1 Å². The lowest BCUT2D eigenvalue weighted by Crippen LogP contribution is -2.19. The van der Waals surface area contributed by atoms with E-state index in [1.165, 1.54) is 31.6 Å². The van der Waals surface area contributed by atoms with Crippen LogP contribution in [0.2, 0.25) is 0 Å². The van der Waals surface area contributed by atoms with E-state index >= 15 is 4.39 Å². The lowest BCUT2D eigenvalue weighted by Gasteiger charge is -2.21. The van der Waals surface area contributed by atoms with Crippen LogP contribution in [0.15, 0.2) is 54.9 Å². The Labute approximate surface area is 290 Å². The second kappa shape index (κ2) is 17.7. The summed E-state index contributed by atoms with van der Waals surface area (Å²) in [6.45, 7) is 2.68. The predicted molar refractivity (Wildman–Crippen MR) is 174 cm³/mol. The molecule has 51 heavy (non-hydrogen) atoms. The summed E-state index contributed by atoms with van der Waals surface area (Å²) in [6, 6.07) is 9.28. The van der Waals surface area contributed by atoms with Crippen molar-refractivity contribution in [2.75, 3.05) is 39.0 Å². The SMILES string of the molecule is COc1cc(OCCOC(=O)COC(C)=O)c(F)c(C(Nc2ccc(C(=N)N)cc2)c2nc(OCOC(=O)OC(C)C)n(-c3ncccn3)n2)c1. The maximum atomic E-state index is 16.4. The van der Waals surface area contributed by atoms with Gasteiger partial charge in [0.2, 0.25) is 6.79 Å². The van der Waals surface area contributed by atoms with Gasteiger partial charge in [0.1, 0.15) is 30.8 Å². The Kier molecular flexibility index (Phi) is 13.0. The third kappa shape index (κ3) is 10.7. The van der Waals surface area contributed by atoms with Crippen molar-refractivity contribution >= 4 is 29.6 Å². The Balaban J connectivity index is 1.72. The van der Waals surface area contributed by atoms with Gasteiger partial charge in [0.05, 0.1) is 13.2 Å².